The van der Waals surface area contributed by atoms with E-state index in [1.54, 1.807) is 11.3 Å². The Balaban J connectivity index is 1.99. The average Bonchev–Trinajstić information content (AvgIpc) is 2.76. The van der Waals surface area contributed by atoms with Crippen LogP contribution in [0, 0.1) is 13.8 Å². The predicted octanol–water partition coefficient (Wildman–Crippen LogP) is 5.31. The van der Waals surface area contributed by atoms with Crippen molar-refractivity contribution in [2.75, 3.05) is 5.32 Å². The molecule has 19 heavy (non-hydrogen) atoms. The van der Waals surface area contributed by atoms with E-state index in [1.807, 2.05) is 25.1 Å². The van der Waals surface area contributed by atoms with Gasteiger partial charge in [0.15, 0.2) is 5.13 Å². The van der Waals surface area contributed by atoms with Gasteiger partial charge in [-0.15, -0.1) is 0 Å². The molecule has 2 nitrogen and oxygen atoms in total. The van der Waals surface area contributed by atoms with Crippen LogP contribution < -0.4 is 5.32 Å². The van der Waals surface area contributed by atoms with Gasteiger partial charge in [-0.2, -0.15) is 0 Å². The molecule has 0 saturated carbocycles. The molecule has 0 bridgehead atoms. The summed E-state index contributed by atoms with van der Waals surface area (Å²) in [5.41, 5.74) is 4.30. The maximum atomic E-state index is 6.12. The van der Waals surface area contributed by atoms with Crippen molar-refractivity contribution in [1.82, 2.24) is 4.98 Å². The Labute approximate surface area is 121 Å². The van der Waals surface area contributed by atoms with Gasteiger partial charge in [-0.1, -0.05) is 35.1 Å². The van der Waals surface area contributed by atoms with E-state index < -0.39 is 0 Å². The van der Waals surface area contributed by atoms with E-state index in [0.717, 1.165) is 26.9 Å². The lowest BCUT2D eigenvalue weighted by Gasteiger charge is -2.07. The first-order valence-electron chi connectivity index (χ1n) is 6.03. The highest BCUT2D eigenvalue weighted by Gasteiger charge is 2.07. The summed E-state index contributed by atoms with van der Waals surface area (Å²) in [4.78, 5) is 4.60. The van der Waals surface area contributed by atoms with Crippen LogP contribution in [0.1, 0.15) is 11.1 Å². The molecule has 1 aromatic heterocycles. The zero-order valence-corrected chi connectivity index (χ0v) is 12.3. The number of nitrogens with one attached hydrogen (secondary N) is 1. The van der Waals surface area contributed by atoms with Gasteiger partial charge in [-0.05, 0) is 49.2 Å². The molecule has 2 aromatic carbocycles. The summed E-state index contributed by atoms with van der Waals surface area (Å²) in [6.07, 6.45) is 0. The lowest BCUT2D eigenvalue weighted by molar-refractivity contribution is 1.39. The first-order valence-corrected chi connectivity index (χ1v) is 7.22. The maximum Gasteiger partial charge on any atom is 0.188 e. The lowest BCUT2D eigenvalue weighted by Crippen LogP contribution is -1.92. The first-order chi connectivity index (χ1) is 9.13. The molecule has 0 saturated heterocycles. The summed E-state index contributed by atoms with van der Waals surface area (Å²) in [6, 6.07) is 12.2. The van der Waals surface area contributed by atoms with Gasteiger partial charge in [-0.25, -0.2) is 4.98 Å². The van der Waals surface area contributed by atoms with Crippen LogP contribution >= 0.6 is 22.9 Å². The predicted molar refractivity (Wildman–Crippen MR) is 83.8 cm³/mol. The Morgan fingerprint density at radius 3 is 2.84 bits per heavy atom. The van der Waals surface area contributed by atoms with E-state index in [1.165, 1.54) is 10.3 Å². The number of halogens is 1. The third-order valence-corrected chi connectivity index (χ3v) is 4.41. The summed E-state index contributed by atoms with van der Waals surface area (Å²) in [5.74, 6) is 0. The highest BCUT2D eigenvalue weighted by Crippen LogP contribution is 2.31. The minimum absolute atomic E-state index is 0.766. The molecule has 0 aliphatic heterocycles. The second-order valence-corrected chi connectivity index (χ2v) is 5.97. The first kappa shape index (κ1) is 12.5. The molecule has 0 unspecified atom stereocenters. The third kappa shape index (κ3) is 2.44. The van der Waals surface area contributed by atoms with Crippen molar-refractivity contribution in [2.45, 2.75) is 13.8 Å². The average molecular weight is 289 g/mol. The number of hydrogen-bond acceptors (Lipinski definition) is 3. The quantitative estimate of drug-likeness (QED) is 0.691. The topological polar surface area (TPSA) is 24.9 Å². The van der Waals surface area contributed by atoms with E-state index in [2.05, 4.69) is 35.4 Å². The Kier molecular flexibility index (Phi) is 3.17. The Hall–Kier alpha value is -1.58. The lowest BCUT2D eigenvalue weighted by atomic mass is 10.2. The monoisotopic (exact) mass is 288 g/mol. The number of fused-ring (bicyclic) bond motifs is 1. The Morgan fingerprint density at radius 2 is 2.00 bits per heavy atom. The van der Waals surface area contributed by atoms with Gasteiger partial charge < -0.3 is 5.32 Å². The highest BCUT2D eigenvalue weighted by molar-refractivity contribution is 7.22. The molecule has 96 valence electrons. The Bertz CT molecular complexity index is 749. The van der Waals surface area contributed by atoms with Gasteiger partial charge in [0.05, 0.1) is 10.2 Å². The van der Waals surface area contributed by atoms with E-state index >= 15 is 0 Å². The van der Waals surface area contributed by atoms with Crippen LogP contribution in [0.3, 0.4) is 0 Å². The number of anilines is 2. The number of rotatable bonds is 2. The van der Waals surface area contributed by atoms with E-state index in [4.69, 9.17) is 11.6 Å². The van der Waals surface area contributed by atoms with Gasteiger partial charge in [0.25, 0.3) is 0 Å². The number of thiazole rings is 1. The van der Waals surface area contributed by atoms with Crippen LogP contribution in [0.5, 0.6) is 0 Å². The highest BCUT2D eigenvalue weighted by atomic mass is 35.5. The molecule has 3 aromatic rings. The molecule has 0 amide bonds. The van der Waals surface area contributed by atoms with Gasteiger partial charge in [-0.3, -0.25) is 0 Å². The number of benzene rings is 2. The van der Waals surface area contributed by atoms with Crippen molar-refractivity contribution in [1.29, 1.82) is 0 Å². The number of hydrogen-bond donors (Lipinski definition) is 1. The van der Waals surface area contributed by atoms with Crippen molar-refractivity contribution < 1.29 is 0 Å². The van der Waals surface area contributed by atoms with Crippen molar-refractivity contribution in [3.63, 3.8) is 0 Å². The standard InChI is InChI=1S/C15H13ClN2S/c1-9-6-7-14-13(8-9)18-15(19-14)17-12-5-3-4-11(16)10(12)2/h3-8H,1-2H3,(H,17,18). The minimum Gasteiger partial charge on any atom is -0.331 e. The Morgan fingerprint density at radius 1 is 1.16 bits per heavy atom. The molecule has 4 heteroatoms. The molecule has 0 atom stereocenters. The van der Waals surface area contributed by atoms with E-state index in [9.17, 15) is 0 Å². The van der Waals surface area contributed by atoms with Gasteiger partial charge in [0.1, 0.15) is 0 Å². The van der Waals surface area contributed by atoms with E-state index in [-0.39, 0.29) is 0 Å². The number of nitrogens with zero attached hydrogens (tertiary/aromatic N) is 1. The van der Waals surface area contributed by atoms with Crippen LogP contribution in [0.25, 0.3) is 10.2 Å². The zero-order chi connectivity index (χ0) is 13.4. The van der Waals surface area contributed by atoms with Crippen molar-refractivity contribution in [2.24, 2.45) is 0 Å². The van der Waals surface area contributed by atoms with E-state index in [0.29, 0.717) is 0 Å². The fraction of sp³-hybridized carbons (Fsp3) is 0.133. The largest absolute Gasteiger partial charge is 0.331 e. The molecular weight excluding hydrogens is 276 g/mol. The molecular formula is C15H13ClN2S. The SMILES string of the molecule is Cc1ccc2sc(Nc3cccc(Cl)c3C)nc2c1. The minimum atomic E-state index is 0.766. The molecule has 3 rings (SSSR count). The molecule has 1 N–H and O–H groups in total. The van der Waals surface area contributed by atoms with Gasteiger partial charge in [0, 0.05) is 10.7 Å². The smallest absolute Gasteiger partial charge is 0.188 e. The summed E-state index contributed by atoms with van der Waals surface area (Å²) in [6.45, 7) is 4.08. The van der Waals surface area contributed by atoms with Crippen molar-refractivity contribution in [3.8, 4) is 0 Å². The fourth-order valence-corrected chi connectivity index (χ4v) is 2.98. The molecule has 0 radical (unpaired) electrons. The molecule has 1 heterocycles. The third-order valence-electron chi connectivity index (χ3n) is 3.05. The van der Waals surface area contributed by atoms with Crippen molar-refractivity contribution >= 4 is 44.0 Å². The van der Waals surface area contributed by atoms with Crippen LogP contribution in [0.15, 0.2) is 36.4 Å². The second kappa shape index (κ2) is 4.83. The molecule has 0 aliphatic rings. The zero-order valence-electron chi connectivity index (χ0n) is 10.7. The fourth-order valence-electron chi connectivity index (χ4n) is 1.95. The van der Waals surface area contributed by atoms with Crippen LogP contribution in [-0.2, 0) is 0 Å². The summed E-state index contributed by atoms with van der Waals surface area (Å²) < 4.78 is 1.19. The van der Waals surface area contributed by atoms with Crippen LogP contribution in [0.4, 0.5) is 10.8 Å². The van der Waals surface area contributed by atoms with Crippen LogP contribution in [-0.4, -0.2) is 4.98 Å². The van der Waals surface area contributed by atoms with Gasteiger partial charge >= 0.3 is 0 Å². The number of aryl methyl sites for hydroxylation is 1. The molecule has 0 aliphatic carbocycles. The van der Waals surface area contributed by atoms with Gasteiger partial charge in [0.2, 0.25) is 0 Å². The molecule has 0 spiro atoms. The summed E-state index contributed by atoms with van der Waals surface area (Å²) in [7, 11) is 0. The second-order valence-electron chi connectivity index (χ2n) is 4.53. The number of aromatic nitrogens is 1. The normalized spacial score (nSPS) is 10.9. The summed E-state index contributed by atoms with van der Waals surface area (Å²) >= 11 is 7.77. The van der Waals surface area contributed by atoms with Crippen molar-refractivity contribution in [3.05, 3.63) is 52.5 Å². The maximum absolute atomic E-state index is 6.12. The summed E-state index contributed by atoms with van der Waals surface area (Å²) in [5, 5.41) is 5.00. The van der Waals surface area contributed by atoms with Crippen LogP contribution in [0.2, 0.25) is 5.02 Å². The molecule has 0 fully saturated rings.